The number of halogens is 1. The van der Waals surface area contributed by atoms with Crippen LogP contribution in [0.5, 0.6) is 0 Å². The number of nitrogens with zero attached hydrogens (tertiary/aromatic N) is 1. The summed E-state index contributed by atoms with van der Waals surface area (Å²) >= 11 is 5.68. The van der Waals surface area contributed by atoms with Gasteiger partial charge < -0.3 is 9.88 Å². The van der Waals surface area contributed by atoms with Crippen molar-refractivity contribution in [2.45, 2.75) is 38.1 Å². The van der Waals surface area contributed by atoms with E-state index in [9.17, 15) is 4.79 Å². The van der Waals surface area contributed by atoms with Gasteiger partial charge in [0.05, 0.1) is 0 Å². The van der Waals surface area contributed by atoms with Crippen molar-refractivity contribution < 1.29 is 4.79 Å². The summed E-state index contributed by atoms with van der Waals surface area (Å²) in [5.41, 5.74) is 1.28. The summed E-state index contributed by atoms with van der Waals surface area (Å²) in [4.78, 5) is 11.3. The van der Waals surface area contributed by atoms with E-state index in [4.69, 9.17) is 11.6 Å². The van der Waals surface area contributed by atoms with E-state index in [2.05, 4.69) is 16.0 Å². The van der Waals surface area contributed by atoms with Gasteiger partial charge in [-0.3, -0.25) is 4.79 Å². The van der Waals surface area contributed by atoms with E-state index in [0.717, 1.165) is 12.8 Å². The molecule has 1 rings (SSSR count). The molecule has 0 saturated heterocycles. The first-order valence-electron chi connectivity index (χ1n) is 5.55. The van der Waals surface area contributed by atoms with E-state index in [1.54, 1.807) is 6.92 Å². The lowest BCUT2D eigenvalue weighted by Gasteiger charge is -2.15. The molecular weight excluding hydrogens is 224 g/mol. The zero-order valence-electron chi connectivity index (χ0n) is 10.0. The molecule has 1 aromatic heterocycles. The van der Waals surface area contributed by atoms with Crippen molar-refractivity contribution in [3.8, 4) is 0 Å². The standard InChI is InChI=1S/C12H19ClN2O/c1-9(14-12(16)10(2)13)6-7-11-5-4-8-15(11)3/h4-5,8-10H,6-7H2,1-3H3,(H,14,16). The second-order valence-electron chi connectivity index (χ2n) is 4.17. The molecule has 0 aliphatic heterocycles. The highest BCUT2D eigenvalue weighted by molar-refractivity contribution is 6.30. The van der Waals surface area contributed by atoms with Crippen LogP contribution in [0.2, 0.25) is 0 Å². The third-order valence-electron chi connectivity index (χ3n) is 2.63. The molecule has 0 bridgehead atoms. The van der Waals surface area contributed by atoms with E-state index < -0.39 is 5.38 Å². The largest absolute Gasteiger partial charge is 0.354 e. The SMILES string of the molecule is CC(CCc1cccn1C)NC(=O)C(C)Cl. The molecule has 2 atom stereocenters. The van der Waals surface area contributed by atoms with Crippen LogP contribution in [0, 0.1) is 0 Å². The third-order valence-corrected chi connectivity index (χ3v) is 2.83. The minimum absolute atomic E-state index is 0.0963. The van der Waals surface area contributed by atoms with Gasteiger partial charge in [-0.2, -0.15) is 0 Å². The Morgan fingerprint density at radius 1 is 1.56 bits per heavy atom. The first-order chi connectivity index (χ1) is 7.50. The van der Waals surface area contributed by atoms with Crippen LogP contribution in [0.1, 0.15) is 26.0 Å². The molecule has 16 heavy (non-hydrogen) atoms. The molecule has 2 unspecified atom stereocenters. The van der Waals surface area contributed by atoms with Gasteiger partial charge in [-0.05, 0) is 38.8 Å². The van der Waals surface area contributed by atoms with Crippen LogP contribution in [-0.4, -0.2) is 21.9 Å². The predicted octanol–water partition coefficient (Wildman–Crippen LogP) is 2.09. The van der Waals surface area contributed by atoms with Crippen molar-refractivity contribution in [3.05, 3.63) is 24.0 Å². The molecular formula is C12H19ClN2O. The van der Waals surface area contributed by atoms with Gasteiger partial charge >= 0.3 is 0 Å². The number of hydrogen-bond acceptors (Lipinski definition) is 1. The third kappa shape index (κ3) is 3.89. The van der Waals surface area contributed by atoms with Gasteiger partial charge in [0.15, 0.2) is 0 Å². The summed E-state index contributed by atoms with van der Waals surface area (Å²) in [5.74, 6) is -0.0963. The lowest BCUT2D eigenvalue weighted by molar-refractivity contribution is -0.121. The summed E-state index contributed by atoms with van der Waals surface area (Å²) < 4.78 is 2.10. The second kappa shape index (κ2) is 5.94. The maximum Gasteiger partial charge on any atom is 0.237 e. The minimum Gasteiger partial charge on any atom is -0.354 e. The molecule has 1 N–H and O–H groups in total. The number of carbonyl (C=O) groups is 1. The van der Waals surface area contributed by atoms with E-state index in [1.165, 1.54) is 5.69 Å². The maximum atomic E-state index is 11.3. The van der Waals surface area contributed by atoms with Crippen molar-refractivity contribution in [1.29, 1.82) is 0 Å². The number of nitrogens with one attached hydrogen (secondary N) is 1. The topological polar surface area (TPSA) is 34.0 Å². The fraction of sp³-hybridized carbons (Fsp3) is 0.583. The number of hydrogen-bond donors (Lipinski definition) is 1. The monoisotopic (exact) mass is 242 g/mol. The maximum absolute atomic E-state index is 11.3. The molecule has 0 aliphatic carbocycles. The summed E-state index contributed by atoms with van der Waals surface area (Å²) in [6.07, 6.45) is 3.91. The summed E-state index contributed by atoms with van der Waals surface area (Å²) in [6, 6.07) is 4.28. The van der Waals surface area contributed by atoms with Gasteiger partial charge in [-0.15, -0.1) is 11.6 Å². The zero-order valence-corrected chi connectivity index (χ0v) is 10.8. The number of aryl methyl sites for hydroxylation is 2. The van der Waals surface area contributed by atoms with Crippen molar-refractivity contribution in [3.63, 3.8) is 0 Å². The molecule has 1 aromatic rings. The van der Waals surface area contributed by atoms with Crippen molar-refractivity contribution >= 4 is 17.5 Å². The van der Waals surface area contributed by atoms with Crippen LogP contribution < -0.4 is 5.32 Å². The number of carbonyl (C=O) groups excluding carboxylic acids is 1. The lowest BCUT2D eigenvalue weighted by Crippen LogP contribution is -2.37. The molecule has 0 spiro atoms. The smallest absolute Gasteiger partial charge is 0.237 e. The van der Waals surface area contributed by atoms with Crippen molar-refractivity contribution in [1.82, 2.24) is 9.88 Å². The minimum atomic E-state index is -0.461. The van der Waals surface area contributed by atoms with Crippen molar-refractivity contribution in [2.75, 3.05) is 0 Å². The molecule has 4 heteroatoms. The molecule has 0 saturated carbocycles. The van der Waals surface area contributed by atoms with E-state index >= 15 is 0 Å². The Morgan fingerprint density at radius 3 is 2.75 bits per heavy atom. The highest BCUT2D eigenvalue weighted by Crippen LogP contribution is 2.06. The van der Waals surface area contributed by atoms with E-state index in [1.807, 2.05) is 26.2 Å². The molecule has 0 aromatic carbocycles. The molecule has 0 fully saturated rings. The first-order valence-corrected chi connectivity index (χ1v) is 5.99. The summed E-state index contributed by atoms with van der Waals surface area (Å²) in [6.45, 7) is 3.68. The Morgan fingerprint density at radius 2 is 2.25 bits per heavy atom. The van der Waals surface area contributed by atoms with Gasteiger partial charge in [0.1, 0.15) is 5.38 Å². The van der Waals surface area contributed by atoms with Gasteiger partial charge in [-0.25, -0.2) is 0 Å². The van der Waals surface area contributed by atoms with Crippen LogP contribution in [0.3, 0.4) is 0 Å². The molecule has 0 aliphatic rings. The van der Waals surface area contributed by atoms with Gasteiger partial charge in [0.2, 0.25) is 5.91 Å². The van der Waals surface area contributed by atoms with E-state index in [-0.39, 0.29) is 11.9 Å². The van der Waals surface area contributed by atoms with Crippen LogP contribution in [0.4, 0.5) is 0 Å². The fourth-order valence-corrected chi connectivity index (χ4v) is 1.61. The molecule has 3 nitrogen and oxygen atoms in total. The van der Waals surface area contributed by atoms with Gasteiger partial charge in [0.25, 0.3) is 0 Å². The Labute approximate surface area is 102 Å². The van der Waals surface area contributed by atoms with Crippen LogP contribution >= 0.6 is 11.6 Å². The highest BCUT2D eigenvalue weighted by atomic mass is 35.5. The Bertz CT molecular complexity index is 347. The first kappa shape index (κ1) is 13.1. The lowest BCUT2D eigenvalue weighted by atomic mass is 10.1. The second-order valence-corrected chi connectivity index (χ2v) is 4.83. The van der Waals surface area contributed by atoms with E-state index in [0.29, 0.717) is 0 Å². The number of amides is 1. The van der Waals surface area contributed by atoms with Crippen molar-refractivity contribution in [2.24, 2.45) is 7.05 Å². The quantitative estimate of drug-likeness (QED) is 0.789. The fourth-order valence-electron chi connectivity index (χ4n) is 1.55. The Hall–Kier alpha value is -0.960. The van der Waals surface area contributed by atoms with Crippen LogP contribution in [0.15, 0.2) is 18.3 Å². The zero-order chi connectivity index (χ0) is 12.1. The van der Waals surface area contributed by atoms with Gasteiger partial charge in [-0.1, -0.05) is 0 Å². The van der Waals surface area contributed by atoms with Crippen LogP contribution in [0.25, 0.3) is 0 Å². The number of aromatic nitrogens is 1. The predicted molar refractivity (Wildman–Crippen MR) is 66.7 cm³/mol. The average Bonchev–Trinajstić information content (AvgIpc) is 2.61. The molecule has 90 valence electrons. The average molecular weight is 243 g/mol. The molecule has 1 heterocycles. The summed E-state index contributed by atoms with van der Waals surface area (Å²) in [5, 5.41) is 2.42. The number of rotatable bonds is 5. The molecule has 0 radical (unpaired) electrons. The van der Waals surface area contributed by atoms with Gasteiger partial charge in [0, 0.05) is 25.0 Å². The van der Waals surface area contributed by atoms with Crippen LogP contribution in [-0.2, 0) is 18.3 Å². The Balaban J connectivity index is 2.33. The number of alkyl halides is 1. The Kier molecular flexibility index (Phi) is 4.87. The summed E-state index contributed by atoms with van der Waals surface area (Å²) in [7, 11) is 2.03. The highest BCUT2D eigenvalue weighted by Gasteiger charge is 2.12. The normalized spacial score (nSPS) is 14.5. The molecule has 1 amide bonds.